The van der Waals surface area contributed by atoms with Gasteiger partial charge in [-0.3, -0.25) is 14.4 Å². The van der Waals surface area contributed by atoms with Crippen LogP contribution in [-0.2, 0) is 28.7 Å². The molecule has 0 heterocycles. The van der Waals surface area contributed by atoms with Crippen LogP contribution in [0.4, 0.5) is 5.69 Å². The topological polar surface area (TPSA) is 221 Å². The Labute approximate surface area is 303 Å². The van der Waals surface area contributed by atoms with Gasteiger partial charge in [0.1, 0.15) is 35.2 Å². The lowest BCUT2D eigenvalue weighted by molar-refractivity contribution is -0.187. The lowest BCUT2D eigenvalue weighted by Crippen LogP contribution is -2.62. The molecule has 1 aliphatic carbocycles. The van der Waals surface area contributed by atoms with Crippen molar-refractivity contribution in [3.05, 3.63) is 54.1 Å². The minimum Gasteiger partial charge on any atom is -0.504 e. The number of esters is 2. The number of nitrogens with one attached hydrogen (secondary N) is 2. The van der Waals surface area contributed by atoms with E-state index in [2.05, 4.69) is 17.6 Å². The van der Waals surface area contributed by atoms with E-state index >= 15 is 0 Å². The molecule has 2 amide bonds. The standard InChI is InChI=1S/C38H52N2O12/c1-5-6-7-8-9-10-19-50-26-15-13-25(14-16-26)39-35(47)27(21-33(45)52-37(2,3)4)40-36(48)38(49)22-30(43)34(46)31(23-38)51-32(44)18-12-24-11-17-28(41)29(42)20-24/h11-18,20,27,30-31,34,41-43,46,49H,5-10,19,21-23H2,1-4H3,(H,39,47)(H,40,48)/b18-12+/t27?,30-,31-,34?,38+/m1/s1. The lowest BCUT2D eigenvalue weighted by Gasteiger charge is -2.41. The van der Waals surface area contributed by atoms with Crippen LogP contribution < -0.4 is 15.4 Å². The minimum atomic E-state index is -2.43. The van der Waals surface area contributed by atoms with Crippen LogP contribution in [0.5, 0.6) is 17.2 Å². The number of aliphatic hydroxyl groups excluding tert-OH is 2. The van der Waals surface area contributed by atoms with E-state index in [1.807, 2.05) is 0 Å². The van der Waals surface area contributed by atoms with Crippen LogP contribution in [0.15, 0.2) is 48.5 Å². The zero-order chi connectivity index (χ0) is 38.5. The van der Waals surface area contributed by atoms with Crippen molar-refractivity contribution in [2.75, 3.05) is 11.9 Å². The monoisotopic (exact) mass is 728 g/mol. The number of rotatable bonds is 17. The smallest absolute Gasteiger partial charge is 0.331 e. The lowest BCUT2D eigenvalue weighted by atomic mass is 9.78. The molecule has 0 aliphatic heterocycles. The molecule has 0 radical (unpaired) electrons. The van der Waals surface area contributed by atoms with E-state index in [1.54, 1.807) is 45.0 Å². The Kier molecular flexibility index (Phi) is 15.5. The van der Waals surface area contributed by atoms with Gasteiger partial charge in [-0.1, -0.05) is 45.1 Å². The van der Waals surface area contributed by atoms with Gasteiger partial charge in [0.2, 0.25) is 5.91 Å². The summed E-state index contributed by atoms with van der Waals surface area (Å²) in [4.78, 5) is 52.3. The third-order valence-corrected chi connectivity index (χ3v) is 8.26. The number of ether oxygens (including phenoxy) is 3. The average molecular weight is 729 g/mol. The van der Waals surface area contributed by atoms with Crippen molar-refractivity contribution in [3.63, 3.8) is 0 Å². The van der Waals surface area contributed by atoms with Gasteiger partial charge in [-0.05, 0) is 75.2 Å². The molecule has 0 saturated heterocycles. The second-order valence-corrected chi connectivity index (χ2v) is 14.0. The van der Waals surface area contributed by atoms with E-state index in [1.165, 1.54) is 43.5 Å². The second kappa shape index (κ2) is 19.3. The molecule has 1 fully saturated rings. The first-order valence-corrected chi connectivity index (χ1v) is 17.6. The van der Waals surface area contributed by atoms with E-state index in [0.717, 1.165) is 25.3 Å². The number of unbranched alkanes of at least 4 members (excludes halogenated alkanes) is 5. The highest BCUT2D eigenvalue weighted by atomic mass is 16.6. The molecule has 286 valence electrons. The van der Waals surface area contributed by atoms with Crippen molar-refractivity contribution in [3.8, 4) is 17.2 Å². The Hall–Kier alpha value is -4.66. The van der Waals surface area contributed by atoms with Crippen molar-refractivity contribution >= 4 is 35.5 Å². The Morgan fingerprint density at radius 3 is 2.27 bits per heavy atom. The van der Waals surface area contributed by atoms with Crippen LogP contribution in [0, 0.1) is 0 Å². The maximum absolute atomic E-state index is 13.5. The van der Waals surface area contributed by atoms with Crippen molar-refractivity contribution in [1.29, 1.82) is 0 Å². The number of anilines is 1. The van der Waals surface area contributed by atoms with Crippen molar-refractivity contribution in [1.82, 2.24) is 5.32 Å². The van der Waals surface area contributed by atoms with Gasteiger partial charge in [-0.15, -0.1) is 0 Å². The predicted molar refractivity (Wildman–Crippen MR) is 191 cm³/mol. The van der Waals surface area contributed by atoms with Gasteiger partial charge in [0.25, 0.3) is 5.91 Å². The zero-order valence-corrected chi connectivity index (χ0v) is 30.2. The molecule has 52 heavy (non-hydrogen) atoms. The first kappa shape index (κ1) is 41.8. The van der Waals surface area contributed by atoms with Gasteiger partial charge in [0.15, 0.2) is 11.5 Å². The van der Waals surface area contributed by atoms with Gasteiger partial charge in [-0.2, -0.15) is 0 Å². The van der Waals surface area contributed by atoms with Crippen LogP contribution in [0.1, 0.15) is 91.0 Å². The number of carbonyl (C=O) groups is 4. The summed E-state index contributed by atoms with van der Waals surface area (Å²) in [6, 6.07) is 8.83. The summed E-state index contributed by atoms with van der Waals surface area (Å²) < 4.78 is 16.4. The normalized spacial score (nSPS) is 20.9. The molecule has 3 rings (SSSR count). The largest absolute Gasteiger partial charge is 0.504 e. The Bertz CT molecular complexity index is 1540. The van der Waals surface area contributed by atoms with Crippen LogP contribution in [0.3, 0.4) is 0 Å². The highest BCUT2D eigenvalue weighted by Crippen LogP contribution is 2.32. The molecular weight excluding hydrogens is 676 g/mol. The van der Waals surface area contributed by atoms with Gasteiger partial charge in [0, 0.05) is 24.6 Å². The predicted octanol–water partition coefficient (Wildman–Crippen LogP) is 3.86. The number of amides is 2. The SMILES string of the molecule is CCCCCCCCOc1ccc(NC(=O)C(CC(=O)OC(C)(C)C)NC(=O)[C@]2(O)C[C@@H](O)C(O)[C@H](OC(=O)/C=C/c3ccc(O)c(O)c3)C2)cc1. The number of aliphatic hydroxyl groups is 3. The quantitative estimate of drug-likeness (QED) is 0.0534. The number of hydrogen-bond donors (Lipinski definition) is 7. The van der Waals surface area contributed by atoms with Crippen molar-refractivity contribution in [2.24, 2.45) is 0 Å². The fourth-order valence-corrected chi connectivity index (χ4v) is 5.53. The highest BCUT2D eigenvalue weighted by molar-refractivity contribution is 6.00. The molecule has 7 N–H and O–H groups in total. The molecule has 1 saturated carbocycles. The first-order valence-electron chi connectivity index (χ1n) is 17.6. The molecule has 2 unspecified atom stereocenters. The van der Waals surface area contributed by atoms with Crippen LogP contribution in [0.25, 0.3) is 6.08 Å². The molecule has 2 aromatic carbocycles. The molecule has 1 aliphatic rings. The number of phenolic OH excluding ortho intramolecular Hbond substituents is 2. The zero-order valence-electron chi connectivity index (χ0n) is 30.2. The molecule has 0 bridgehead atoms. The van der Waals surface area contributed by atoms with E-state index in [-0.39, 0.29) is 5.75 Å². The summed E-state index contributed by atoms with van der Waals surface area (Å²) in [5, 5.41) is 56.6. The Balaban J connectivity index is 1.68. The number of benzene rings is 2. The number of aromatic hydroxyl groups is 2. The molecule has 14 nitrogen and oxygen atoms in total. The maximum atomic E-state index is 13.5. The van der Waals surface area contributed by atoms with Gasteiger partial charge < -0.3 is 50.4 Å². The van der Waals surface area contributed by atoms with Crippen LogP contribution in [0.2, 0.25) is 0 Å². The van der Waals surface area contributed by atoms with Crippen LogP contribution >= 0.6 is 0 Å². The number of phenols is 2. The first-order chi connectivity index (χ1) is 24.5. The van der Waals surface area contributed by atoms with Crippen LogP contribution in [-0.4, -0.2) is 91.4 Å². The Morgan fingerprint density at radius 1 is 0.942 bits per heavy atom. The third-order valence-electron chi connectivity index (χ3n) is 8.26. The fourth-order valence-electron chi connectivity index (χ4n) is 5.53. The number of hydrogen-bond acceptors (Lipinski definition) is 12. The van der Waals surface area contributed by atoms with Gasteiger partial charge in [0.05, 0.1) is 19.1 Å². The summed E-state index contributed by atoms with van der Waals surface area (Å²) in [7, 11) is 0. The maximum Gasteiger partial charge on any atom is 0.331 e. The molecule has 2 aromatic rings. The summed E-state index contributed by atoms with van der Waals surface area (Å²) in [6.45, 7) is 7.63. The summed E-state index contributed by atoms with van der Waals surface area (Å²) in [5.41, 5.74) is -2.66. The van der Waals surface area contributed by atoms with Crippen molar-refractivity contribution in [2.45, 2.75) is 121 Å². The van der Waals surface area contributed by atoms with E-state index in [0.29, 0.717) is 23.6 Å². The molecule has 14 heteroatoms. The van der Waals surface area contributed by atoms with E-state index in [9.17, 15) is 44.7 Å². The van der Waals surface area contributed by atoms with Crippen molar-refractivity contribution < 1.29 is 58.9 Å². The summed E-state index contributed by atoms with van der Waals surface area (Å²) in [6.07, 6.45) is 2.11. The third kappa shape index (κ3) is 13.5. The van der Waals surface area contributed by atoms with E-state index in [4.69, 9.17) is 14.2 Å². The highest BCUT2D eigenvalue weighted by Gasteiger charge is 2.51. The van der Waals surface area contributed by atoms with E-state index < -0.39 is 84.3 Å². The number of carbonyl (C=O) groups excluding carboxylic acids is 4. The average Bonchev–Trinajstić information content (AvgIpc) is 3.06. The summed E-state index contributed by atoms with van der Waals surface area (Å²) in [5.74, 6) is -3.94. The minimum absolute atomic E-state index is 0.328. The molecule has 0 spiro atoms. The fraction of sp³-hybridized carbons (Fsp3) is 0.526. The Morgan fingerprint density at radius 2 is 1.62 bits per heavy atom. The second-order valence-electron chi connectivity index (χ2n) is 14.0. The summed E-state index contributed by atoms with van der Waals surface area (Å²) >= 11 is 0. The molecular formula is C38H52N2O12. The van der Waals surface area contributed by atoms with Gasteiger partial charge in [-0.25, -0.2) is 4.79 Å². The van der Waals surface area contributed by atoms with Gasteiger partial charge >= 0.3 is 11.9 Å². The molecule has 0 aromatic heterocycles. The molecule has 5 atom stereocenters.